The standard InChI is InChI=1S/C18H16F2N4O5S/c19-18(20)28-11-5-9-13(6-12(11)29-18)30-17(22-9)23-15(26)16(27)24-7-14(25)21-8-3-1-2-4-10(8)24/h5-6,8,10H,1-4,7H2,(H,21,25)(H,22,23,26). The van der Waals surface area contributed by atoms with Crippen LogP contribution in [0.1, 0.15) is 25.7 Å². The van der Waals surface area contributed by atoms with Crippen LogP contribution < -0.4 is 20.1 Å². The minimum Gasteiger partial charge on any atom is -0.395 e. The minimum absolute atomic E-state index is 0.125. The van der Waals surface area contributed by atoms with E-state index in [1.54, 1.807) is 0 Å². The molecular formula is C18H16F2N4O5S. The maximum absolute atomic E-state index is 13.2. The van der Waals surface area contributed by atoms with Crippen molar-refractivity contribution in [2.75, 3.05) is 11.9 Å². The molecule has 1 aliphatic carbocycles. The van der Waals surface area contributed by atoms with E-state index in [9.17, 15) is 23.2 Å². The molecule has 1 saturated carbocycles. The molecule has 0 radical (unpaired) electrons. The largest absolute Gasteiger partial charge is 0.586 e. The van der Waals surface area contributed by atoms with E-state index in [2.05, 4.69) is 25.1 Å². The van der Waals surface area contributed by atoms with Gasteiger partial charge in [-0.25, -0.2) is 4.98 Å². The van der Waals surface area contributed by atoms with Gasteiger partial charge in [-0.15, -0.1) is 8.78 Å². The van der Waals surface area contributed by atoms with Crippen molar-refractivity contribution in [3.05, 3.63) is 12.1 Å². The molecule has 1 aromatic heterocycles. The predicted molar refractivity (Wildman–Crippen MR) is 100 cm³/mol. The van der Waals surface area contributed by atoms with Gasteiger partial charge in [0, 0.05) is 18.2 Å². The lowest BCUT2D eigenvalue weighted by Crippen LogP contribution is -2.64. The number of amides is 3. The molecule has 30 heavy (non-hydrogen) atoms. The SMILES string of the molecule is O=C1CN(C(=O)C(=O)Nc2nc3cc4c(cc3s2)OC(F)(F)O4)C2CCCCC2N1. The van der Waals surface area contributed by atoms with Gasteiger partial charge in [0.05, 0.1) is 16.3 Å². The third-order valence-electron chi connectivity index (χ3n) is 5.38. The molecule has 5 rings (SSSR count). The number of fused-ring (bicyclic) bond motifs is 3. The number of rotatable bonds is 1. The number of benzene rings is 1. The third kappa shape index (κ3) is 3.30. The van der Waals surface area contributed by atoms with E-state index in [0.29, 0.717) is 10.2 Å². The molecule has 0 spiro atoms. The molecular weight excluding hydrogens is 422 g/mol. The summed E-state index contributed by atoms with van der Waals surface area (Å²) in [7, 11) is 0. The molecule has 1 aromatic carbocycles. The summed E-state index contributed by atoms with van der Waals surface area (Å²) in [6, 6.07) is 2.27. The minimum atomic E-state index is -3.73. The lowest BCUT2D eigenvalue weighted by molar-refractivity contribution is -0.286. The number of hydrogen-bond acceptors (Lipinski definition) is 7. The second-order valence-corrected chi connectivity index (χ2v) is 8.40. The molecule has 2 aromatic rings. The van der Waals surface area contributed by atoms with Crippen LogP contribution in [0.15, 0.2) is 12.1 Å². The summed E-state index contributed by atoms with van der Waals surface area (Å²) in [5.41, 5.74) is 0.312. The van der Waals surface area contributed by atoms with Gasteiger partial charge in [0.25, 0.3) is 0 Å². The van der Waals surface area contributed by atoms with Gasteiger partial charge >= 0.3 is 18.1 Å². The van der Waals surface area contributed by atoms with Crippen LogP contribution in [0.3, 0.4) is 0 Å². The zero-order valence-electron chi connectivity index (χ0n) is 15.4. The Hall–Kier alpha value is -3.02. The maximum Gasteiger partial charge on any atom is 0.586 e. The zero-order chi connectivity index (χ0) is 21.0. The van der Waals surface area contributed by atoms with Crippen molar-refractivity contribution in [3.63, 3.8) is 0 Å². The fourth-order valence-corrected chi connectivity index (χ4v) is 4.98. The van der Waals surface area contributed by atoms with E-state index in [4.69, 9.17) is 0 Å². The van der Waals surface area contributed by atoms with Gasteiger partial charge in [-0.05, 0) is 12.8 Å². The summed E-state index contributed by atoms with van der Waals surface area (Å²) in [5.74, 6) is -2.28. The van der Waals surface area contributed by atoms with E-state index in [0.717, 1.165) is 37.0 Å². The second-order valence-electron chi connectivity index (χ2n) is 7.37. The topological polar surface area (TPSA) is 110 Å². The molecule has 2 unspecified atom stereocenters. The Morgan fingerprint density at radius 3 is 2.77 bits per heavy atom. The molecule has 9 nitrogen and oxygen atoms in total. The third-order valence-corrected chi connectivity index (χ3v) is 6.31. The van der Waals surface area contributed by atoms with Gasteiger partial charge in [0.15, 0.2) is 16.6 Å². The number of nitrogens with zero attached hydrogens (tertiary/aromatic N) is 2. The van der Waals surface area contributed by atoms with Gasteiger partial charge in [-0.1, -0.05) is 24.2 Å². The Balaban J connectivity index is 1.33. The fourth-order valence-electron chi connectivity index (χ4n) is 4.11. The number of nitrogens with one attached hydrogen (secondary N) is 2. The number of piperazine rings is 1. The number of carbonyl (C=O) groups excluding carboxylic acids is 3. The van der Waals surface area contributed by atoms with Crippen LogP contribution in [-0.4, -0.2) is 52.5 Å². The maximum atomic E-state index is 13.2. The molecule has 2 aliphatic heterocycles. The first-order valence-corrected chi connectivity index (χ1v) is 10.2. The van der Waals surface area contributed by atoms with Crippen molar-refractivity contribution in [1.82, 2.24) is 15.2 Å². The molecule has 3 amide bonds. The second kappa shape index (κ2) is 6.76. The van der Waals surface area contributed by atoms with Crippen LogP contribution >= 0.6 is 11.3 Å². The van der Waals surface area contributed by atoms with Crippen molar-refractivity contribution < 1.29 is 32.6 Å². The number of hydrogen-bond donors (Lipinski definition) is 2. The van der Waals surface area contributed by atoms with Crippen LogP contribution in [0, 0.1) is 0 Å². The van der Waals surface area contributed by atoms with E-state index in [-0.39, 0.29) is 41.2 Å². The quantitative estimate of drug-likeness (QED) is 0.658. The molecule has 3 heterocycles. The van der Waals surface area contributed by atoms with Crippen molar-refractivity contribution >= 4 is 44.4 Å². The average molecular weight is 438 g/mol. The van der Waals surface area contributed by atoms with Crippen molar-refractivity contribution in [2.24, 2.45) is 0 Å². The Morgan fingerprint density at radius 2 is 1.97 bits per heavy atom. The summed E-state index contributed by atoms with van der Waals surface area (Å²) in [4.78, 5) is 42.7. The van der Waals surface area contributed by atoms with Crippen molar-refractivity contribution in [1.29, 1.82) is 0 Å². The van der Waals surface area contributed by atoms with Crippen molar-refractivity contribution in [3.8, 4) is 11.5 Å². The highest BCUT2D eigenvalue weighted by Crippen LogP contribution is 2.44. The lowest BCUT2D eigenvalue weighted by Gasteiger charge is -2.43. The molecule has 158 valence electrons. The Morgan fingerprint density at radius 1 is 1.23 bits per heavy atom. The number of alkyl halides is 2. The summed E-state index contributed by atoms with van der Waals surface area (Å²) in [6.07, 6.45) is -0.347. The Labute approximate surface area is 172 Å². The highest BCUT2D eigenvalue weighted by atomic mass is 32.1. The van der Waals surface area contributed by atoms with E-state index < -0.39 is 18.1 Å². The number of ether oxygens (including phenoxy) is 2. The molecule has 3 aliphatic rings. The number of aromatic nitrogens is 1. The molecule has 2 fully saturated rings. The number of carbonyl (C=O) groups is 3. The van der Waals surface area contributed by atoms with Crippen LogP contribution in [-0.2, 0) is 14.4 Å². The van der Waals surface area contributed by atoms with E-state index in [1.807, 2.05) is 0 Å². The van der Waals surface area contributed by atoms with Crippen LogP contribution in [0.5, 0.6) is 11.5 Å². The first-order chi connectivity index (χ1) is 14.3. The highest BCUT2D eigenvalue weighted by Gasteiger charge is 2.44. The first kappa shape index (κ1) is 19.0. The van der Waals surface area contributed by atoms with Gasteiger partial charge in [-0.3, -0.25) is 19.7 Å². The van der Waals surface area contributed by atoms with Gasteiger partial charge in [0.1, 0.15) is 6.54 Å². The summed E-state index contributed by atoms with van der Waals surface area (Å²) in [6.45, 7) is -0.164. The summed E-state index contributed by atoms with van der Waals surface area (Å²) in [5, 5.41) is 5.46. The number of anilines is 1. The van der Waals surface area contributed by atoms with Gasteiger partial charge < -0.3 is 19.7 Å². The first-order valence-electron chi connectivity index (χ1n) is 9.41. The van der Waals surface area contributed by atoms with Crippen LogP contribution in [0.25, 0.3) is 10.2 Å². The lowest BCUT2D eigenvalue weighted by atomic mass is 9.87. The average Bonchev–Trinajstić information content (AvgIpc) is 3.21. The monoisotopic (exact) mass is 438 g/mol. The highest BCUT2D eigenvalue weighted by molar-refractivity contribution is 7.22. The van der Waals surface area contributed by atoms with Gasteiger partial charge in [-0.2, -0.15) is 0 Å². The summed E-state index contributed by atoms with van der Waals surface area (Å²) >= 11 is 1.01. The molecule has 2 N–H and O–H groups in total. The van der Waals surface area contributed by atoms with E-state index >= 15 is 0 Å². The van der Waals surface area contributed by atoms with Crippen LogP contribution in [0.4, 0.5) is 13.9 Å². The van der Waals surface area contributed by atoms with Crippen molar-refractivity contribution in [2.45, 2.75) is 44.1 Å². The predicted octanol–water partition coefficient (Wildman–Crippen LogP) is 1.83. The Bertz CT molecular complexity index is 1030. The van der Waals surface area contributed by atoms with E-state index in [1.165, 1.54) is 17.0 Å². The summed E-state index contributed by atoms with van der Waals surface area (Å²) < 4.78 is 35.6. The van der Waals surface area contributed by atoms with Gasteiger partial charge in [0.2, 0.25) is 5.91 Å². The normalized spacial score (nSPS) is 24.3. The van der Waals surface area contributed by atoms with Crippen LogP contribution in [0.2, 0.25) is 0 Å². The fraction of sp³-hybridized carbons (Fsp3) is 0.444. The Kier molecular flexibility index (Phi) is 4.27. The molecule has 12 heteroatoms. The molecule has 1 saturated heterocycles. The number of thiazole rings is 1. The molecule has 2 atom stereocenters. The number of halogens is 2. The smallest absolute Gasteiger partial charge is 0.395 e. The zero-order valence-corrected chi connectivity index (χ0v) is 16.3. The molecule has 0 bridgehead atoms.